The van der Waals surface area contributed by atoms with Crippen LogP contribution >= 0.6 is 0 Å². The second-order valence-electron chi connectivity index (χ2n) is 10.3. The van der Waals surface area contributed by atoms with Crippen molar-refractivity contribution in [3.8, 4) is 6.07 Å². The average molecular weight is 455 g/mol. The second kappa shape index (κ2) is 9.42. The monoisotopic (exact) mass is 454 g/mol. The number of carbonyl (C=O) groups is 2. The number of nitriles is 1. The fourth-order valence-electron chi connectivity index (χ4n) is 5.73. The Balaban J connectivity index is 1.31. The first-order chi connectivity index (χ1) is 15.8. The summed E-state index contributed by atoms with van der Waals surface area (Å²) >= 11 is 0. The van der Waals surface area contributed by atoms with E-state index in [2.05, 4.69) is 36.6 Å². The van der Waals surface area contributed by atoms with Gasteiger partial charge in [-0.05, 0) is 68.6 Å². The molecule has 3 aliphatic carbocycles. The van der Waals surface area contributed by atoms with Crippen molar-refractivity contribution < 1.29 is 14.0 Å². The predicted octanol–water partition coefficient (Wildman–Crippen LogP) is 4.28. The Kier molecular flexibility index (Phi) is 6.76. The van der Waals surface area contributed by atoms with Gasteiger partial charge in [0.25, 0.3) is 0 Å². The van der Waals surface area contributed by atoms with Crippen LogP contribution < -0.4 is 10.6 Å². The minimum atomic E-state index is -1.12. The summed E-state index contributed by atoms with van der Waals surface area (Å²) < 4.78 is 13.7. The number of benzene rings is 1. The quantitative estimate of drug-likeness (QED) is 0.644. The molecule has 0 radical (unpaired) electrons. The number of hydrogen-bond donors (Lipinski definition) is 2. The first-order valence-corrected chi connectivity index (χ1v) is 12.3. The normalized spacial score (nSPS) is 31.8. The Labute approximate surface area is 195 Å². The fraction of sp³-hybridized carbons (Fsp3) is 0.654. The summed E-state index contributed by atoms with van der Waals surface area (Å²) in [6, 6.07) is 9.55. The van der Waals surface area contributed by atoms with Crippen LogP contribution in [0.25, 0.3) is 0 Å². The van der Waals surface area contributed by atoms with Crippen molar-refractivity contribution in [2.75, 3.05) is 18.4 Å². The van der Waals surface area contributed by atoms with Crippen LogP contribution in [0.5, 0.6) is 0 Å². The van der Waals surface area contributed by atoms with E-state index in [-0.39, 0.29) is 42.3 Å². The van der Waals surface area contributed by atoms with E-state index >= 15 is 0 Å². The van der Waals surface area contributed by atoms with E-state index in [0.29, 0.717) is 5.92 Å². The summed E-state index contributed by atoms with van der Waals surface area (Å²) in [5.74, 6) is 0.398. The molecular formula is C26H35FN4O2. The molecule has 1 saturated heterocycles. The van der Waals surface area contributed by atoms with E-state index in [9.17, 15) is 19.2 Å². The van der Waals surface area contributed by atoms with Crippen LogP contribution in [0, 0.1) is 16.7 Å². The van der Waals surface area contributed by atoms with Gasteiger partial charge < -0.3 is 15.5 Å². The average Bonchev–Trinajstić information content (AvgIpc) is 3.24. The van der Waals surface area contributed by atoms with E-state index in [1.807, 2.05) is 18.2 Å². The van der Waals surface area contributed by atoms with Crippen LogP contribution in [0.2, 0.25) is 0 Å². The van der Waals surface area contributed by atoms with Gasteiger partial charge in [0.2, 0.25) is 11.8 Å². The molecular weight excluding hydrogens is 419 g/mol. The fourth-order valence-corrected chi connectivity index (χ4v) is 5.73. The predicted molar refractivity (Wildman–Crippen MR) is 125 cm³/mol. The van der Waals surface area contributed by atoms with Crippen molar-refractivity contribution in [1.82, 2.24) is 10.2 Å². The number of rotatable bonds is 7. The van der Waals surface area contributed by atoms with Gasteiger partial charge >= 0.3 is 0 Å². The Bertz CT molecular complexity index is 901. The van der Waals surface area contributed by atoms with Gasteiger partial charge in [-0.25, -0.2) is 4.39 Å². The van der Waals surface area contributed by atoms with Crippen LogP contribution in [-0.2, 0) is 9.59 Å². The summed E-state index contributed by atoms with van der Waals surface area (Å²) in [5.41, 5.74) is 1.64. The molecule has 1 unspecified atom stereocenters. The minimum Gasteiger partial charge on any atom is -0.326 e. The third kappa shape index (κ3) is 4.77. The number of hydrogen-bond acceptors (Lipinski definition) is 4. The van der Waals surface area contributed by atoms with E-state index < -0.39 is 12.2 Å². The van der Waals surface area contributed by atoms with E-state index in [0.717, 1.165) is 50.6 Å². The number of halogens is 1. The summed E-state index contributed by atoms with van der Waals surface area (Å²) in [6.07, 6.45) is 4.98. The molecule has 1 aliphatic heterocycles. The number of nitrogens with one attached hydrogen (secondary N) is 2. The van der Waals surface area contributed by atoms with Crippen LogP contribution in [0.4, 0.5) is 10.1 Å². The molecule has 5 rings (SSSR count). The Morgan fingerprint density at radius 2 is 1.82 bits per heavy atom. The molecule has 3 saturated carbocycles. The summed E-state index contributed by atoms with van der Waals surface area (Å²) in [7, 11) is 0. The lowest BCUT2D eigenvalue weighted by atomic mass is 9.57. The molecule has 0 spiro atoms. The molecule has 178 valence electrons. The Morgan fingerprint density at radius 1 is 1.18 bits per heavy atom. The van der Waals surface area contributed by atoms with E-state index in [1.165, 1.54) is 10.5 Å². The SMILES string of the molecule is CCC(C)c1ccc(NC(=O)C23CCC(NCC(=O)N4C[C@@H](F)C[C@H]4C#N)(CC2)CC3)cc1. The summed E-state index contributed by atoms with van der Waals surface area (Å²) in [5, 5.41) is 15.8. The number of fused-ring (bicyclic) bond motifs is 3. The highest BCUT2D eigenvalue weighted by molar-refractivity contribution is 5.95. The van der Waals surface area contributed by atoms with Gasteiger partial charge in [-0.2, -0.15) is 5.26 Å². The van der Waals surface area contributed by atoms with Crippen LogP contribution in [0.3, 0.4) is 0 Å². The van der Waals surface area contributed by atoms with Crippen molar-refractivity contribution >= 4 is 17.5 Å². The molecule has 2 amide bonds. The molecule has 0 aromatic heterocycles. The van der Waals surface area contributed by atoms with Crippen molar-refractivity contribution in [2.24, 2.45) is 5.41 Å². The van der Waals surface area contributed by atoms with Gasteiger partial charge in [-0.3, -0.25) is 9.59 Å². The lowest BCUT2D eigenvalue weighted by molar-refractivity contribution is -0.135. The summed E-state index contributed by atoms with van der Waals surface area (Å²) in [6.45, 7) is 4.50. The highest BCUT2D eigenvalue weighted by Gasteiger charge is 2.52. The standard InChI is InChI=1S/C26H35FN4O2/c1-3-18(2)19-4-6-21(7-5-19)30-24(33)25-8-11-26(12-9-25,13-10-25)29-16-23(32)31-17-20(27)14-22(31)15-28/h4-7,18,20,22,29H,3,8-14,16-17H2,1-2H3,(H,30,33)/t18?,20-,22-,25?,26?/m0/s1. The summed E-state index contributed by atoms with van der Waals surface area (Å²) in [4.78, 5) is 27.2. The van der Waals surface area contributed by atoms with E-state index in [1.54, 1.807) is 0 Å². The molecule has 4 aliphatic rings. The molecule has 2 N–H and O–H groups in total. The molecule has 6 nitrogen and oxygen atoms in total. The molecule has 2 bridgehead atoms. The van der Waals surface area contributed by atoms with Gasteiger partial charge in [0.1, 0.15) is 12.2 Å². The maximum Gasteiger partial charge on any atom is 0.237 e. The first-order valence-electron chi connectivity index (χ1n) is 12.3. The van der Waals surface area contributed by atoms with Crippen molar-refractivity contribution in [3.63, 3.8) is 0 Å². The largest absolute Gasteiger partial charge is 0.326 e. The van der Waals surface area contributed by atoms with Gasteiger partial charge in [-0.1, -0.05) is 26.0 Å². The topological polar surface area (TPSA) is 85.2 Å². The molecule has 1 aromatic rings. The molecule has 3 atom stereocenters. The number of nitrogens with zero attached hydrogens (tertiary/aromatic N) is 2. The number of amides is 2. The minimum absolute atomic E-state index is 0.00730. The van der Waals surface area contributed by atoms with Gasteiger partial charge in [0.05, 0.1) is 19.2 Å². The second-order valence-corrected chi connectivity index (χ2v) is 10.3. The van der Waals surface area contributed by atoms with Crippen molar-refractivity contribution in [1.29, 1.82) is 5.26 Å². The van der Waals surface area contributed by atoms with Crippen LogP contribution in [0.15, 0.2) is 24.3 Å². The number of likely N-dealkylation sites (tertiary alicyclic amines) is 1. The molecule has 1 aromatic carbocycles. The molecule has 7 heteroatoms. The van der Waals surface area contributed by atoms with Crippen LogP contribution in [-0.4, -0.2) is 47.6 Å². The van der Waals surface area contributed by atoms with Gasteiger partial charge in [-0.15, -0.1) is 0 Å². The smallest absolute Gasteiger partial charge is 0.237 e. The van der Waals surface area contributed by atoms with Crippen LogP contribution in [0.1, 0.15) is 76.7 Å². The highest BCUT2D eigenvalue weighted by atomic mass is 19.1. The molecule has 1 heterocycles. The maximum atomic E-state index is 13.7. The highest BCUT2D eigenvalue weighted by Crippen LogP contribution is 2.52. The third-order valence-corrected chi connectivity index (χ3v) is 8.41. The van der Waals surface area contributed by atoms with Gasteiger partial charge in [0.15, 0.2) is 0 Å². The third-order valence-electron chi connectivity index (χ3n) is 8.41. The number of carbonyl (C=O) groups excluding carboxylic acids is 2. The lowest BCUT2D eigenvalue weighted by Gasteiger charge is -2.52. The number of anilines is 1. The Morgan fingerprint density at radius 3 is 2.39 bits per heavy atom. The van der Waals surface area contributed by atoms with Crippen molar-refractivity contribution in [3.05, 3.63) is 29.8 Å². The first kappa shape index (κ1) is 23.7. The zero-order valence-electron chi connectivity index (χ0n) is 19.7. The molecule has 33 heavy (non-hydrogen) atoms. The van der Waals surface area contributed by atoms with Gasteiger partial charge in [0, 0.05) is 23.1 Å². The Hall–Kier alpha value is -2.46. The molecule has 4 fully saturated rings. The number of alkyl halides is 1. The van der Waals surface area contributed by atoms with E-state index in [4.69, 9.17) is 0 Å². The van der Waals surface area contributed by atoms with Crippen molar-refractivity contribution in [2.45, 2.75) is 88.9 Å². The lowest BCUT2D eigenvalue weighted by Crippen LogP contribution is -2.59. The zero-order valence-corrected chi connectivity index (χ0v) is 19.7. The zero-order chi connectivity index (χ0) is 23.6. The maximum absolute atomic E-state index is 13.7.